The number of para-hydroxylation sites is 4. The highest BCUT2D eigenvalue weighted by molar-refractivity contribution is 7.99. The highest BCUT2D eigenvalue weighted by atomic mass is 32.2. The van der Waals surface area contributed by atoms with E-state index in [2.05, 4.69) is 95.6 Å². The molecule has 0 atom stereocenters. The van der Waals surface area contributed by atoms with Gasteiger partial charge in [-0.05, 0) is 42.0 Å². The van der Waals surface area contributed by atoms with Crippen LogP contribution in [0.3, 0.4) is 0 Å². The third kappa shape index (κ3) is 2.30. The largest absolute Gasteiger partial charge is 0.455 e. The Morgan fingerprint density at radius 2 is 1.39 bits per heavy atom. The number of benzene rings is 5. The SMILES string of the molecule is c1ccc2c(c1)Sc1cc(-c3cccc4c3oc3ccccc34)cc3c4ccccc4n-2c13. The van der Waals surface area contributed by atoms with Gasteiger partial charge in [0.05, 0.1) is 16.7 Å². The molecule has 0 saturated carbocycles. The normalized spacial score (nSPS) is 12.7. The van der Waals surface area contributed by atoms with Gasteiger partial charge in [-0.15, -0.1) is 0 Å². The van der Waals surface area contributed by atoms with E-state index in [9.17, 15) is 0 Å². The zero-order valence-corrected chi connectivity index (χ0v) is 18.4. The van der Waals surface area contributed by atoms with Crippen LogP contribution in [0.15, 0.2) is 117 Å². The molecule has 0 radical (unpaired) electrons. The van der Waals surface area contributed by atoms with Crippen LogP contribution in [-0.4, -0.2) is 4.57 Å². The molecule has 0 spiro atoms. The lowest BCUT2D eigenvalue weighted by Crippen LogP contribution is -2.01. The first-order valence-corrected chi connectivity index (χ1v) is 11.9. The van der Waals surface area contributed by atoms with Crippen LogP contribution in [0.25, 0.3) is 60.6 Å². The monoisotopic (exact) mass is 439 g/mol. The molecular weight excluding hydrogens is 422 g/mol. The molecule has 7 aromatic rings. The van der Waals surface area contributed by atoms with Crippen LogP contribution in [0.2, 0.25) is 0 Å². The van der Waals surface area contributed by atoms with Gasteiger partial charge in [0.25, 0.3) is 0 Å². The molecule has 0 fully saturated rings. The van der Waals surface area contributed by atoms with Crippen LogP contribution in [0.5, 0.6) is 0 Å². The summed E-state index contributed by atoms with van der Waals surface area (Å²) in [4.78, 5) is 2.57. The lowest BCUT2D eigenvalue weighted by atomic mass is 10.00. The van der Waals surface area contributed by atoms with Crippen molar-refractivity contribution in [3.8, 4) is 16.8 Å². The molecule has 0 aliphatic carbocycles. The highest BCUT2D eigenvalue weighted by Gasteiger charge is 2.24. The van der Waals surface area contributed by atoms with Crippen LogP contribution >= 0.6 is 11.8 Å². The van der Waals surface area contributed by atoms with Crippen molar-refractivity contribution in [2.45, 2.75) is 9.79 Å². The van der Waals surface area contributed by atoms with Crippen molar-refractivity contribution in [2.24, 2.45) is 0 Å². The summed E-state index contributed by atoms with van der Waals surface area (Å²) in [6, 6.07) is 36.9. The van der Waals surface area contributed by atoms with Crippen molar-refractivity contribution >= 4 is 55.5 Å². The minimum atomic E-state index is 0.933. The van der Waals surface area contributed by atoms with Gasteiger partial charge in [0.15, 0.2) is 0 Å². The molecule has 33 heavy (non-hydrogen) atoms. The quantitative estimate of drug-likeness (QED) is 0.254. The molecule has 2 nitrogen and oxygen atoms in total. The van der Waals surface area contributed by atoms with Crippen LogP contribution in [-0.2, 0) is 0 Å². The number of hydrogen-bond acceptors (Lipinski definition) is 2. The van der Waals surface area contributed by atoms with Gasteiger partial charge in [0.2, 0.25) is 0 Å². The fourth-order valence-corrected chi connectivity index (χ4v) is 6.50. The summed E-state index contributed by atoms with van der Waals surface area (Å²) in [5.41, 5.74) is 8.02. The molecule has 2 aromatic heterocycles. The zero-order chi connectivity index (χ0) is 21.5. The van der Waals surface area contributed by atoms with Gasteiger partial charge < -0.3 is 8.98 Å². The lowest BCUT2D eigenvalue weighted by Gasteiger charge is -2.20. The van der Waals surface area contributed by atoms with Crippen molar-refractivity contribution in [1.29, 1.82) is 0 Å². The molecule has 0 N–H and O–H groups in total. The summed E-state index contributed by atoms with van der Waals surface area (Å²) in [5.74, 6) is 0. The molecule has 8 rings (SSSR count). The van der Waals surface area contributed by atoms with E-state index >= 15 is 0 Å². The second-order valence-electron chi connectivity index (χ2n) is 8.57. The molecule has 154 valence electrons. The summed E-state index contributed by atoms with van der Waals surface area (Å²) in [7, 11) is 0. The van der Waals surface area contributed by atoms with Crippen LogP contribution in [0.1, 0.15) is 0 Å². The van der Waals surface area contributed by atoms with Crippen LogP contribution in [0.4, 0.5) is 0 Å². The van der Waals surface area contributed by atoms with Gasteiger partial charge in [-0.2, -0.15) is 0 Å². The Morgan fingerprint density at radius 3 is 2.36 bits per heavy atom. The molecule has 0 bridgehead atoms. The Bertz CT molecular complexity index is 1910. The number of furan rings is 1. The van der Waals surface area contributed by atoms with Crippen molar-refractivity contribution in [3.63, 3.8) is 0 Å². The molecule has 1 aliphatic heterocycles. The first-order valence-electron chi connectivity index (χ1n) is 11.1. The Balaban J connectivity index is 1.51. The Morgan fingerprint density at radius 1 is 0.606 bits per heavy atom. The Labute approximate surface area is 194 Å². The second-order valence-corrected chi connectivity index (χ2v) is 9.66. The Hall–Kier alpha value is -3.95. The van der Waals surface area contributed by atoms with Crippen LogP contribution < -0.4 is 0 Å². The lowest BCUT2D eigenvalue weighted by molar-refractivity contribution is 0.670. The molecule has 1 aliphatic rings. The van der Waals surface area contributed by atoms with E-state index in [-0.39, 0.29) is 0 Å². The summed E-state index contributed by atoms with van der Waals surface area (Å²) in [6.45, 7) is 0. The Kier molecular flexibility index (Phi) is 3.36. The van der Waals surface area contributed by atoms with E-state index in [1.807, 2.05) is 23.9 Å². The van der Waals surface area contributed by atoms with Gasteiger partial charge in [0, 0.05) is 36.9 Å². The van der Waals surface area contributed by atoms with Gasteiger partial charge in [-0.1, -0.05) is 78.5 Å². The van der Waals surface area contributed by atoms with Crippen molar-refractivity contribution in [3.05, 3.63) is 103 Å². The minimum Gasteiger partial charge on any atom is -0.455 e. The molecule has 3 heterocycles. The van der Waals surface area contributed by atoms with Crippen molar-refractivity contribution < 1.29 is 4.42 Å². The molecule has 3 heteroatoms. The average Bonchev–Trinajstić information content (AvgIpc) is 3.41. The molecule has 5 aromatic carbocycles. The zero-order valence-electron chi connectivity index (χ0n) is 17.6. The predicted octanol–water partition coefficient (Wildman–Crippen LogP) is 8.81. The van der Waals surface area contributed by atoms with Gasteiger partial charge in [0.1, 0.15) is 11.2 Å². The topological polar surface area (TPSA) is 18.1 Å². The minimum absolute atomic E-state index is 0.933. The molecular formula is C30H17NOS. The smallest absolute Gasteiger partial charge is 0.143 e. The fourth-order valence-electron chi connectivity index (χ4n) is 5.37. The molecule has 0 amide bonds. The molecule has 0 saturated heterocycles. The summed E-state index contributed by atoms with van der Waals surface area (Å²) in [6.07, 6.45) is 0. The summed E-state index contributed by atoms with van der Waals surface area (Å²) < 4.78 is 8.80. The third-order valence-corrected chi connectivity index (χ3v) is 7.87. The van der Waals surface area contributed by atoms with Gasteiger partial charge >= 0.3 is 0 Å². The molecule has 0 unspecified atom stereocenters. The number of aromatic nitrogens is 1. The van der Waals surface area contributed by atoms with Crippen LogP contribution in [0, 0.1) is 0 Å². The summed E-state index contributed by atoms with van der Waals surface area (Å²) in [5, 5.41) is 4.90. The van der Waals surface area contributed by atoms with E-state index < -0.39 is 0 Å². The van der Waals surface area contributed by atoms with Gasteiger partial charge in [-0.25, -0.2) is 0 Å². The van der Waals surface area contributed by atoms with Crippen molar-refractivity contribution in [2.75, 3.05) is 0 Å². The van der Waals surface area contributed by atoms with E-state index in [1.165, 1.54) is 42.8 Å². The van der Waals surface area contributed by atoms with E-state index in [0.717, 1.165) is 27.5 Å². The average molecular weight is 440 g/mol. The number of rotatable bonds is 1. The second kappa shape index (κ2) is 6.31. The van der Waals surface area contributed by atoms with E-state index in [0.29, 0.717) is 0 Å². The third-order valence-electron chi connectivity index (χ3n) is 6.78. The van der Waals surface area contributed by atoms with Crippen molar-refractivity contribution in [1.82, 2.24) is 4.57 Å². The maximum atomic E-state index is 6.37. The first-order chi connectivity index (χ1) is 16.4. The summed E-state index contributed by atoms with van der Waals surface area (Å²) >= 11 is 1.86. The van der Waals surface area contributed by atoms with E-state index in [1.54, 1.807) is 0 Å². The number of hydrogen-bond donors (Lipinski definition) is 0. The van der Waals surface area contributed by atoms with E-state index in [4.69, 9.17) is 4.42 Å². The fraction of sp³-hybridized carbons (Fsp3) is 0. The predicted molar refractivity (Wildman–Crippen MR) is 138 cm³/mol. The first kappa shape index (κ1) is 17.6. The standard InChI is InChI=1S/C30H17NOS/c1-3-12-24-20(8-1)23-16-18(17-28-29(23)31(24)25-13-4-6-15-27(25)33-28)19-10-7-11-22-21-9-2-5-14-26(21)32-30(19)22/h1-17H. The number of nitrogens with zero attached hydrogens (tertiary/aromatic N) is 1. The van der Waals surface area contributed by atoms with Gasteiger partial charge in [-0.3, -0.25) is 0 Å². The number of fused-ring (bicyclic) bond motifs is 8. The maximum absolute atomic E-state index is 6.37. The highest BCUT2D eigenvalue weighted by Crippen LogP contribution is 2.49. The maximum Gasteiger partial charge on any atom is 0.143 e.